The first kappa shape index (κ1) is 33.2. The standard InChI is InChI=1S/C34H51N3O6/c1-34(2)42-25-28-22-27(15-16-32(28)43-34)31(38)23-35-17-8-3-4-9-18-40-19-20-41-24-26-11-10-14-30(21-26)37-33(39)36-29-12-6-5-7-13-29/h10-11,14-16,21-22,29,31,35,38H,3-9,12-13,17-20,23-25H2,1-2H3,(H2,36,37,39)/t31-/m0/s1. The van der Waals surface area contributed by atoms with Gasteiger partial charge in [-0.15, -0.1) is 0 Å². The smallest absolute Gasteiger partial charge is 0.319 e. The van der Waals surface area contributed by atoms with Crippen molar-refractivity contribution in [1.29, 1.82) is 0 Å². The minimum Gasteiger partial charge on any atom is -0.463 e. The molecule has 1 aliphatic heterocycles. The summed E-state index contributed by atoms with van der Waals surface area (Å²) in [4.78, 5) is 12.3. The predicted octanol–water partition coefficient (Wildman–Crippen LogP) is 6.20. The number of carbonyl (C=O) groups excluding carboxylic acids is 1. The van der Waals surface area contributed by atoms with Crippen molar-refractivity contribution < 1.29 is 28.8 Å². The molecule has 0 spiro atoms. The monoisotopic (exact) mass is 597 g/mol. The number of urea groups is 1. The highest BCUT2D eigenvalue weighted by molar-refractivity contribution is 5.89. The zero-order valence-electron chi connectivity index (χ0n) is 26.0. The van der Waals surface area contributed by atoms with Gasteiger partial charge in [0.2, 0.25) is 5.79 Å². The fourth-order valence-corrected chi connectivity index (χ4v) is 5.48. The molecule has 1 atom stereocenters. The quantitative estimate of drug-likeness (QED) is 0.161. The summed E-state index contributed by atoms with van der Waals surface area (Å²) in [6.45, 7) is 8.00. The number of ether oxygens (including phenoxy) is 4. The third-order valence-corrected chi connectivity index (χ3v) is 7.90. The number of amides is 2. The maximum absolute atomic E-state index is 12.3. The van der Waals surface area contributed by atoms with Gasteiger partial charge in [0.1, 0.15) is 5.75 Å². The molecule has 2 aromatic carbocycles. The Morgan fingerprint density at radius 1 is 1.00 bits per heavy atom. The first-order chi connectivity index (χ1) is 20.9. The number of unbranched alkanes of at least 4 members (excludes halogenated alkanes) is 3. The van der Waals surface area contributed by atoms with Crippen LogP contribution >= 0.6 is 0 Å². The molecule has 0 radical (unpaired) electrons. The van der Waals surface area contributed by atoms with Crippen LogP contribution in [0.4, 0.5) is 10.5 Å². The normalized spacial score (nSPS) is 17.1. The van der Waals surface area contributed by atoms with E-state index in [1.54, 1.807) is 0 Å². The predicted molar refractivity (Wildman–Crippen MR) is 168 cm³/mol. The van der Waals surface area contributed by atoms with Gasteiger partial charge in [-0.1, -0.05) is 50.3 Å². The summed E-state index contributed by atoms with van der Waals surface area (Å²) in [6, 6.07) is 13.8. The lowest BCUT2D eigenvalue weighted by atomic mass is 9.96. The molecule has 1 aliphatic carbocycles. The Hall–Kier alpha value is -2.69. The van der Waals surface area contributed by atoms with E-state index >= 15 is 0 Å². The molecule has 9 heteroatoms. The van der Waals surface area contributed by atoms with E-state index in [0.717, 1.165) is 79.8 Å². The van der Waals surface area contributed by atoms with Crippen molar-refractivity contribution >= 4 is 11.7 Å². The summed E-state index contributed by atoms with van der Waals surface area (Å²) in [5, 5.41) is 19.9. The van der Waals surface area contributed by atoms with Gasteiger partial charge < -0.3 is 40.0 Å². The van der Waals surface area contributed by atoms with E-state index in [0.29, 0.717) is 33.0 Å². The van der Waals surface area contributed by atoms with Crippen molar-refractivity contribution in [3.8, 4) is 5.75 Å². The largest absolute Gasteiger partial charge is 0.463 e. The summed E-state index contributed by atoms with van der Waals surface area (Å²) in [6.07, 6.45) is 9.54. The second kappa shape index (κ2) is 17.6. The topological polar surface area (TPSA) is 110 Å². The van der Waals surface area contributed by atoms with Crippen molar-refractivity contribution in [3.63, 3.8) is 0 Å². The van der Waals surface area contributed by atoms with Gasteiger partial charge in [-0.2, -0.15) is 0 Å². The molecule has 2 aliphatic rings. The van der Waals surface area contributed by atoms with Crippen LogP contribution in [0.25, 0.3) is 0 Å². The lowest BCUT2D eigenvalue weighted by molar-refractivity contribution is -0.180. The summed E-state index contributed by atoms with van der Waals surface area (Å²) >= 11 is 0. The minimum atomic E-state index is -0.614. The average molecular weight is 598 g/mol. The third-order valence-electron chi connectivity index (χ3n) is 7.90. The van der Waals surface area contributed by atoms with Gasteiger partial charge in [0.25, 0.3) is 0 Å². The van der Waals surface area contributed by atoms with E-state index in [2.05, 4.69) is 16.0 Å². The van der Waals surface area contributed by atoms with Crippen molar-refractivity contribution in [1.82, 2.24) is 10.6 Å². The highest BCUT2D eigenvalue weighted by atomic mass is 16.7. The van der Waals surface area contributed by atoms with Crippen LogP contribution < -0.4 is 20.7 Å². The van der Waals surface area contributed by atoms with Crippen molar-refractivity contribution in [3.05, 3.63) is 59.2 Å². The molecule has 4 rings (SSSR count). The molecule has 0 aromatic heterocycles. The first-order valence-corrected chi connectivity index (χ1v) is 16.0. The Labute approximate surface area is 257 Å². The summed E-state index contributed by atoms with van der Waals surface area (Å²) in [5.41, 5.74) is 3.65. The van der Waals surface area contributed by atoms with E-state index in [1.165, 1.54) is 19.3 Å². The molecule has 1 heterocycles. The van der Waals surface area contributed by atoms with Crippen molar-refractivity contribution in [2.24, 2.45) is 0 Å². The van der Waals surface area contributed by atoms with Crippen LogP contribution in [0.3, 0.4) is 0 Å². The molecule has 238 valence electrons. The molecule has 4 N–H and O–H groups in total. The van der Waals surface area contributed by atoms with Crippen molar-refractivity contribution in [2.75, 3.05) is 38.2 Å². The Bertz CT molecular complexity index is 1120. The minimum absolute atomic E-state index is 0.133. The van der Waals surface area contributed by atoms with Crippen LogP contribution in [0.2, 0.25) is 0 Å². The van der Waals surface area contributed by atoms with E-state index in [9.17, 15) is 9.90 Å². The Balaban J connectivity index is 0.960. The Kier molecular flexibility index (Phi) is 13.6. The fourth-order valence-electron chi connectivity index (χ4n) is 5.48. The number of rotatable bonds is 17. The molecule has 0 unspecified atom stereocenters. The number of hydrogen-bond acceptors (Lipinski definition) is 7. The zero-order valence-corrected chi connectivity index (χ0v) is 26.0. The number of nitrogens with one attached hydrogen (secondary N) is 3. The lowest BCUT2D eigenvalue weighted by Gasteiger charge is -2.33. The molecule has 1 saturated carbocycles. The third kappa shape index (κ3) is 12.1. The lowest BCUT2D eigenvalue weighted by Crippen LogP contribution is -2.39. The summed E-state index contributed by atoms with van der Waals surface area (Å²) < 4.78 is 23.0. The van der Waals surface area contributed by atoms with Gasteiger partial charge in [0, 0.05) is 44.3 Å². The van der Waals surface area contributed by atoms with Gasteiger partial charge in [0.05, 0.1) is 32.5 Å². The van der Waals surface area contributed by atoms with E-state index in [-0.39, 0.29) is 12.1 Å². The number of benzene rings is 2. The van der Waals surface area contributed by atoms with Crippen LogP contribution in [-0.4, -0.2) is 55.9 Å². The zero-order chi connectivity index (χ0) is 30.3. The molecular formula is C34H51N3O6. The summed E-state index contributed by atoms with van der Waals surface area (Å²) in [7, 11) is 0. The first-order valence-electron chi connectivity index (χ1n) is 16.0. The van der Waals surface area contributed by atoms with E-state index in [4.69, 9.17) is 18.9 Å². The second-order valence-electron chi connectivity index (χ2n) is 12.1. The highest BCUT2D eigenvalue weighted by Gasteiger charge is 2.27. The molecule has 2 amide bonds. The van der Waals surface area contributed by atoms with Crippen LogP contribution in [0, 0.1) is 0 Å². The van der Waals surface area contributed by atoms with E-state index in [1.807, 2.05) is 56.3 Å². The summed E-state index contributed by atoms with van der Waals surface area (Å²) in [5.74, 6) is 0.209. The number of anilines is 1. The van der Waals surface area contributed by atoms with Gasteiger partial charge in [0.15, 0.2) is 0 Å². The molecule has 1 fully saturated rings. The van der Waals surface area contributed by atoms with E-state index < -0.39 is 11.9 Å². The molecule has 2 aromatic rings. The second-order valence-corrected chi connectivity index (χ2v) is 12.1. The average Bonchev–Trinajstić information content (AvgIpc) is 2.99. The number of hydrogen-bond donors (Lipinski definition) is 4. The van der Waals surface area contributed by atoms with Crippen LogP contribution in [-0.2, 0) is 27.4 Å². The molecule has 0 saturated heterocycles. The van der Waals surface area contributed by atoms with Crippen LogP contribution in [0.15, 0.2) is 42.5 Å². The maximum atomic E-state index is 12.3. The van der Waals surface area contributed by atoms with Crippen molar-refractivity contribution in [2.45, 2.75) is 103 Å². The fraction of sp³-hybridized carbons (Fsp3) is 0.618. The van der Waals surface area contributed by atoms with Gasteiger partial charge in [-0.05, 0) is 67.6 Å². The van der Waals surface area contributed by atoms with Gasteiger partial charge in [-0.25, -0.2) is 4.79 Å². The number of carbonyl (C=O) groups is 1. The van der Waals surface area contributed by atoms with Crippen LogP contribution in [0.1, 0.15) is 94.4 Å². The Morgan fingerprint density at radius 3 is 2.67 bits per heavy atom. The maximum Gasteiger partial charge on any atom is 0.319 e. The van der Waals surface area contributed by atoms with Crippen LogP contribution in [0.5, 0.6) is 5.75 Å². The number of aliphatic hydroxyl groups is 1. The SMILES string of the molecule is CC1(C)OCc2cc([C@@H](O)CNCCCCCCOCCOCc3cccc(NC(=O)NC4CCCCC4)c3)ccc2O1. The van der Waals surface area contributed by atoms with Gasteiger partial charge >= 0.3 is 6.03 Å². The number of aliphatic hydroxyl groups excluding tert-OH is 1. The molecular weight excluding hydrogens is 546 g/mol. The molecule has 9 nitrogen and oxygen atoms in total. The molecule has 0 bridgehead atoms. The number of fused-ring (bicyclic) bond motifs is 1. The highest BCUT2D eigenvalue weighted by Crippen LogP contribution is 2.32. The molecule has 43 heavy (non-hydrogen) atoms. The van der Waals surface area contributed by atoms with Gasteiger partial charge in [-0.3, -0.25) is 0 Å². The Morgan fingerprint density at radius 2 is 1.81 bits per heavy atom.